The Hall–Kier alpha value is -0.287. The summed E-state index contributed by atoms with van der Waals surface area (Å²) in [7, 11) is 0. The Kier molecular flexibility index (Phi) is 5.18. The van der Waals surface area contributed by atoms with Crippen molar-refractivity contribution in [2.45, 2.75) is 68.2 Å². The number of hydrogen-bond acceptors (Lipinski definition) is 0. The van der Waals surface area contributed by atoms with Crippen molar-refractivity contribution in [1.29, 1.82) is 0 Å². The van der Waals surface area contributed by atoms with Crippen LogP contribution in [-0.2, 0) is 21.3 Å². The first-order valence-electron chi connectivity index (χ1n) is 8.52. The summed E-state index contributed by atoms with van der Waals surface area (Å²) in [6.45, 7) is 19.0. The molecule has 0 amide bonds. The molecule has 1 heteroatoms. The second-order valence-corrected chi connectivity index (χ2v) is 16.1. The van der Waals surface area contributed by atoms with E-state index in [1.165, 1.54) is 12.8 Å². The molecule has 0 heterocycles. The van der Waals surface area contributed by atoms with Gasteiger partial charge in [-0.05, 0) is 0 Å². The molecule has 2 aliphatic carbocycles. The van der Waals surface area contributed by atoms with Crippen LogP contribution >= 0.6 is 0 Å². The van der Waals surface area contributed by atoms with Crippen molar-refractivity contribution in [1.82, 2.24) is 0 Å². The molecule has 0 atom stereocenters. The predicted octanol–water partition coefficient (Wildman–Crippen LogP) is 6.34. The van der Waals surface area contributed by atoms with Crippen molar-refractivity contribution in [2.24, 2.45) is 10.8 Å². The summed E-state index contributed by atoms with van der Waals surface area (Å²) < 4.78 is 5.38. The second-order valence-electron chi connectivity index (χ2n) is 8.87. The zero-order chi connectivity index (χ0) is 16.7. The van der Waals surface area contributed by atoms with Crippen LogP contribution < -0.4 is 0 Å². The normalized spacial score (nSPS) is 18.7. The third-order valence-electron chi connectivity index (χ3n) is 4.58. The fraction of sp³-hybridized carbons (Fsp3) is 0.571. The molecule has 0 spiro atoms. The molecule has 0 aromatic heterocycles. The van der Waals surface area contributed by atoms with Crippen molar-refractivity contribution < 1.29 is 21.3 Å². The average molecular weight is 376 g/mol. The van der Waals surface area contributed by atoms with Crippen LogP contribution in [0, 0.1) is 10.8 Å². The van der Waals surface area contributed by atoms with E-state index in [-0.39, 0.29) is 10.8 Å². The standard InChI is InChI=1S/2C9H13.C3H6.Zr/c2*1-9(2,3)8-6-4-5-7-8;1-3-2;/h2*4,6H,5H2,1-3H3;1-2H3;. The van der Waals surface area contributed by atoms with E-state index in [0.29, 0.717) is 0 Å². The number of hydrogen-bond donors (Lipinski definition) is 0. The maximum atomic E-state index is 2.42. The molecule has 0 aromatic carbocycles. The fourth-order valence-electron chi connectivity index (χ4n) is 3.67. The summed E-state index contributed by atoms with van der Waals surface area (Å²) in [6.07, 6.45) is 12.0. The van der Waals surface area contributed by atoms with E-state index in [0.717, 1.165) is 0 Å². The molecule has 0 unspecified atom stereocenters. The zero-order valence-corrected chi connectivity index (χ0v) is 18.2. The maximum absolute atomic E-state index is 2.42. The summed E-state index contributed by atoms with van der Waals surface area (Å²) in [6, 6.07) is 0. The van der Waals surface area contributed by atoms with E-state index in [1.807, 2.05) is 6.56 Å². The van der Waals surface area contributed by atoms with Crippen LogP contribution in [0.2, 0.25) is 0 Å². The first kappa shape index (κ1) is 18.1. The van der Waals surface area contributed by atoms with Crippen LogP contribution in [0.25, 0.3) is 0 Å². The topological polar surface area (TPSA) is 0 Å². The monoisotopic (exact) mass is 374 g/mol. The molecule has 0 saturated carbocycles. The van der Waals surface area contributed by atoms with Crippen LogP contribution in [-0.4, -0.2) is 3.21 Å². The third kappa shape index (κ3) is 3.61. The number of allylic oxidation sites excluding steroid dienone is 8. The Balaban J connectivity index is 2.63. The Labute approximate surface area is 145 Å². The van der Waals surface area contributed by atoms with Crippen LogP contribution in [0.15, 0.2) is 42.0 Å². The first-order chi connectivity index (χ1) is 10.0. The first-order valence-corrected chi connectivity index (χ1v) is 12.2. The van der Waals surface area contributed by atoms with E-state index in [4.69, 9.17) is 0 Å². The molecule has 0 aromatic rings. The molecule has 120 valence electrons. The molecule has 0 saturated heterocycles. The van der Waals surface area contributed by atoms with Gasteiger partial charge in [0.05, 0.1) is 0 Å². The summed E-state index contributed by atoms with van der Waals surface area (Å²) in [5, 5.41) is 0. The molecule has 0 radical (unpaired) electrons. The average Bonchev–Trinajstić information content (AvgIpc) is 2.95. The SMILES string of the molecule is C[C](C)=[Zr]([C]1=C(C(C)(C)C)C=CC1)[C]1=C(C(C)(C)C)C=CC1. The van der Waals surface area contributed by atoms with Gasteiger partial charge in [0.15, 0.2) is 0 Å². The van der Waals surface area contributed by atoms with Gasteiger partial charge in [0.2, 0.25) is 0 Å². The van der Waals surface area contributed by atoms with Gasteiger partial charge >= 0.3 is 146 Å². The Bertz CT molecular complexity index is 566. The minimum absolute atomic E-state index is 0.276. The number of rotatable bonds is 2. The van der Waals surface area contributed by atoms with Crippen LogP contribution in [0.1, 0.15) is 68.2 Å². The van der Waals surface area contributed by atoms with Crippen LogP contribution in [0.5, 0.6) is 0 Å². The molecule has 0 nitrogen and oxygen atoms in total. The van der Waals surface area contributed by atoms with Crippen LogP contribution in [0.4, 0.5) is 0 Å². The van der Waals surface area contributed by atoms with Gasteiger partial charge in [-0.3, -0.25) is 0 Å². The van der Waals surface area contributed by atoms with Crippen molar-refractivity contribution in [3.8, 4) is 0 Å². The molecule has 2 rings (SSSR count). The molecule has 0 fully saturated rings. The van der Waals surface area contributed by atoms with Crippen molar-refractivity contribution >= 4 is 3.21 Å². The second kappa shape index (κ2) is 6.31. The summed E-state index contributed by atoms with van der Waals surface area (Å²) in [4.78, 5) is 0. The van der Waals surface area contributed by atoms with Gasteiger partial charge in [-0.25, -0.2) is 0 Å². The third-order valence-corrected chi connectivity index (χ3v) is 12.3. The zero-order valence-electron chi connectivity index (χ0n) is 15.7. The molecular formula is C21H32Zr. The van der Waals surface area contributed by atoms with E-state index < -0.39 is 21.3 Å². The summed E-state index contributed by atoms with van der Waals surface area (Å²) in [5.41, 5.74) is 3.82. The van der Waals surface area contributed by atoms with Crippen molar-refractivity contribution in [3.63, 3.8) is 0 Å². The van der Waals surface area contributed by atoms with Gasteiger partial charge in [0.1, 0.15) is 0 Å². The Morgan fingerprint density at radius 3 is 1.41 bits per heavy atom. The summed E-state index contributed by atoms with van der Waals surface area (Å²) >= 11 is -1.88. The molecule has 2 aliphatic rings. The fourth-order valence-corrected chi connectivity index (χ4v) is 12.7. The van der Waals surface area contributed by atoms with Gasteiger partial charge in [-0.1, -0.05) is 0 Å². The molecule has 0 aliphatic heterocycles. The minimum atomic E-state index is -1.88. The van der Waals surface area contributed by atoms with Gasteiger partial charge in [0, 0.05) is 0 Å². The predicted molar refractivity (Wildman–Crippen MR) is 96.8 cm³/mol. The van der Waals surface area contributed by atoms with E-state index in [9.17, 15) is 0 Å². The quantitative estimate of drug-likeness (QED) is 0.528. The van der Waals surface area contributed by atoms with Crippen molar-refractivity contribution in [3.05, 3.63) is 42.0 Å². The van der Waals surface area contributed by atoms with E-state index >= 15 is 0 Å². The van der Waals surface area contributed by atoms with Gasteiger partial charge in [0.25, 0.3) is 0 Å². The molecule has 22 heavy (non-hydrogen) atoms. The Morgan fingerprint density at radius 1 is 0.773 bits per heavy atom. The van der Waals surface area contributed by atoms with Crippen molar-refractivity contribution in [2.75, 3.05) is 0 Å². The Morgan fingerprint density at radius 2 is 1.14 bits per heavy atom. The summed E-state index contributed by atoms with van der Waals surface area (Å²) in [5.74, 6) is 0. The molecular weight excluding hydrogens is 343 g/mol. The van der Waals surface area contributed by atoms with Gasteiger partial charge < -0.3 is 0 Å². The van der Waals surface area contributed by atoms with Gasteiger partial charge in [-0.15, -0.1) is 0 Å². The van der Waals surface area contributed by atoms with E-state index in [1.54, 1.807) is 14.4 Å². The molecule has 0 bridgehead atoms. The van der Waals surface area contributed by atoms with Crippen LogP contribution in [0.3, 0.4) is 0 Å². The van der Waals surface area contributed by atoms with E-state index in [2.05, 4.69) is 79.7 Å². The van der Waals surface area contributed by atoms with Gasteiger partial charge in [-0.2, -0.15) is 0 Å². The molecule has 0 N–H and O–H groups in total.